The van der Waals surface area contributed by atoms with Crippen LogP contribution in [0.25, 0.3) is 28.1 Å². The molecule has 10 nitrogen and oxygen atoms in total. The number of amides is 2. The molecular formula is C32H32F2N8O2. The number of pyridine rings is 1. The van der Waals surface area contributed by atoms with Crippen molar-refractivity contribution in [2.75, 3.05) is 31.9 Å². The number of β-amino-alcohol motifs (C(OH)–C–C–N with tert-alkyl or cyclic N) is 1. The van der Waals surface area contributed by atoms with E-state index in [1.54, 1.807) is 24.4 Å². The largest absolute Gasteiger partial charge is 0.383 e. The summed E-state index contributed by atoms with van der Waals surface area (Å²) in [6.45, 7) is -0.733. The zero-order chi connectivity index (χ0) is 30.6. The number of nitrogens with zero attached hydrogens (tertiary/aromatic N) is 6. The summed E-state index contributed by atoms with van der Waals surface area (Å²) in [5.41, 5.74) is 7.84. The van der Waals surface area contributed by atoms with Crippen LogP contribution in [0.2, 0.25) is 0 Å². The third kappa shape index (κ3) is 4.68. The molecule has 2 saturated heterocycles. The molecule has 2 amide bonds. The standard InChI is InChI=1S/C32H32F2N8O2/c33-32(34)18-41(30(43)40-14-11-23(12-15-40)38-19-35)17-31(32,44)22-6-8-24(9-7-22)42-27-16-21(20-3-4-20)5-10-26(27)39-29(42)25-2-1-13-37-28(25)36/h1-2,5-10,13,16,20,23,38,44H,3-4,11-12,14-15,17-18H2,(H2,36,37)/t31-/m1/s1. The van der Waals surface area contributed by atoms with Crippen LogP contribution in [0.4, 0.5) is 19.4 Å². The Morgan fingerprint density at radius 3 is 2.48 bits per heavy atom. The van der Waals surface area contributed by atoms with Crippen LogP contribution < -0.4 is 11.1 Å². The fourth-order valence-corrected chi connectivity index (χ4v) is 6.46. The lowest BCUT2D eigenvalue weighted by atomic mass is 9.90. The second-order valence-corrected chi connectivity index (χ2v) is 12.0. The van der Waals surface area contributed by atoms with Crippen LogP contribution in [0.15, 0.2) is 60.8 Å². The van der Waals surface area contributed by atoms with Gasteiger partial charge in [0.2, 0.25) is 0 Å². The van der Waals surface area contributed by atoms with Gasteiger partial charge in [-0.3, -0.25) is 4.57 Å². The first-order valence-electron chi connectivity index (χ1n) is 14.8. The molecule has 7 rings (SSSR count). The van der Waals surface area contributed by atoms with Crippen molar-refractivity contribution in [3.63, 3.8) is 0 Å². The Labute approximate surface area is 252 Å². The van der Waals surface area contributed by atoms with Crippen molar-refractivity contribution in [2.24, 2.45) is 0 Å². The molecule has 0 unspecified atom stereocenters. The molecule has 1 atom stereocenters. The third-order valence-electron chi connectivity index (χ3n) is 9.13. The topological polar surface area (TPSA) is 136 Å². The fraction of sp³-hybridized carbons (Fsp3) is 0.375. The summed E-state index contributed by atoms with van der Waals surface area (Å²) in [5.74, 6) is -2.16. The maximum Gasteiger partial charge on any atom is 0.320 e. The van der Waals surface area contributed by atoms with Crippen LogP contribution in [0.3, 0.4) is 0 Å². The monoisotopic (exact) mass is 598 g/mol. The molecular weight excluding hydrogens is 566 g/mol. The Morgan fingerprint density at radius 1 is 1.05 bits per heavy atom. The number of piperidine rings is 1. The number of carbonyl (C=O) groups excluding carboxylic acids is 1. The average molecular weight is 599 g/mol. The third-order valence-corrected chi connectivity index (χ3v) is 9.13. The number of rotatable bonds is 5. The predicted molar refractivity (Wildman–Crippen MR) is 160 cm³/mol. The van der Waals surface area contributed by atoms with E-state index < -0.39 is 30.6 Å². The highest BCUT2D eigenvalue weighted by Gasteiger charge is 2.62. The highest BCUT2D eigenvalue weighted by Crippen LogP contribution is 2.45. The van der Waals surface area contributed by atoms with Crippen molar-refractivity contribution >= 4 is 22.9 Å². The number of likely N-dealkylation sites (tertiary alicyclic amines) is 2. The number of nitrogens with one attached hydrogen (secondary N) is 1. The summed E-state index contributed by atoms with van der Waals surface area (Å²) in [7, 11) is 0. The number of nitrogen functional groups attached to an aromatic ring is 1. The molecule has 1 saturated carbocycles. The highest BCUT2D eigenvalue weighted by atomic mass is 19.3. The van der Waals surface area contributed by atoms with Gasteiger partial charge in [0.05, 0.1) is 29.7 Å². The molecule has 0 bridgehead atoms. The number of nitrogens with two attached hydrogens (primary N) is 1. The van der Waals surface area contributed by atoms with Gasteiger partial charge in [-0.25, -0.2) is 23.5 Å². The molecule has 0 spiro atoms. The lowest BCUT2D eigenvalue weighted by molar-refractivity contribution is -0.151. The van der Waals surface area contributed by atoms with Gasteiger partial charge in [-0.15, -0.1) is 0 Å². The number of aliphatic hydroxyl groups is 1. The molecule has 44 heavy (non-hydrogen) atoms. The second-order valence-electron chi connectivity index (χ2n) is 12.0. The van der Waals surface area contributed by atoms with Crippen LogP contribution in [-0.2, 0) is 5.60 Å². The summed E-state index contributed by atoms with van der Waals surface area (Å²) in [5, 5.41) is 23.0. The van der Waals surface area contributed by atoms with Crippen molar-refractivity contribution in [1.82, 2.24) is 29.7 Å². The highest BCUT2D eigenvalue weighted by molar-refractivity contribution is 5.86. The number of fused-ring (bicyclic) bond motifs is 1. The molecule has 2 aliphatic heterocycles. The number of carbonyl (C=O) groups is 1. The number of halogens is 2. The molecule has 1 aliphatic carbocycles. The van der Waals surface area contributed by atoms with Gasteiger partial charge >= 0.3 is 6.03 Å². The summed E-state index contributed by atoms with van der Waals surface area (Å²) in [6.07, 6.45) is 6.89. The Bertz CT molecular complexity index is 1770. The van der Waals surface area contributed by atoms with Crippen molar-refractivity contribution in [1.29, 1.82) is 5.26 Å². The minimum Gasteiger partial charge on any atom is -0.383 e. The summed E-state index contributed by atoms with van der Waals surface area (Å²) in [6, 6.07) is 15.6. The molecule has 2 aromatic heterocycles. The first-order valence-corrected chi connectivity index (χ1v) is 14.8. The van der Waals surface area contributed by atoms with E-state index in [1.807, 2.05) is 22.9 Å². The van der Waals surface area contributed by atoms with E-state index in [2.05, 4.69) is 22.4 Å². The van der Waals surface area contributed by atoms with E-state index in [0.717, 1.165) is 28.8 Å². The zero-order valence-electron chi connectivity index (χ0n) is 24.0. The Morgan fingerprint density at radius 2 is 1.80 bits per heavy atom. The number of hydrogen-bond acceptors (Lipinski definition) is 7. The van der Waals surface area contributed by atoms with E-state index in [9.17, 15) is 9.90 Å². The van der Waals surface area contributed by atoms with Crippen LogP contribution in [-0.4, -0.2) is 73.6 Å². The smallest absolute Gasteiger partial charge is 0.320 e. The van der Waals surface area contributed by atoms with Crippen LogP contribution >= 0.6 is 0 Å². The van der Waals surface area contributed by atoms with Gasteiger partial charge in [-0.05, 0) is 79.1 Å². The van der Waals surface area contributed by atoms with Crippen LogP contribution in [0.1, 0.15) is 42.7 Å². The Kier molecular flexibility index (Phi) is 6.66. The van der Waals surface area contributed by atoms with Gasteiger partial charge in [-0.2, -0.15) is 5.26 Å². The molecule has 4 N–H and O–H groups in total. The lowest BCUT2D eigenvalue weighted by Crippen LogP contribution is -2.49. The van der Waals surface area contributed by atoms with Crippen molar-refractivity contribution in [2.45, 2.75) is 49.2 Å². The van der Waals surface area contributed by atoms with E-state index >= 15 is 8.78 Å². The number of benzene rings is 2. The van der Waals surface area contributed by atoms with Gasteiger partial charge < -0.3 is 26.0 Å². The second kappa shape index (κ2) is 10.4. The molecule has 0 radical (unpaired) electrons. The minimum atomic E-state index is -3.57. The molecule has 12 heteroatoms. The quantitative estimate of drug-likeness (QED) is 0.230. The Hall–Kier alpha value is -4.76. The maximum absolute atomic E-state index is 15.5. The van der Waals surface area contributed by atoms with Gasteiger partial charge in [0.25, 0.3) is 5.92 Å². The number of aromatic nitrogens is 3. The normalized spacial score (nSPS) is 21.9. The van der Waals surface area contributed by atoms with E-state index in [0.29, 0.717) is 54.7 Å². The van der Waals surface area contributed by atoms with Gasteiger partial charge in [0.1, 0.15) is 11.6 Å². The van der Waals surface area contributed by atoms with Gasteiger partial charge in [0, 0.05) is 31.0 Å². The molecule has 226 valence electrons. The van der Waals surface area contributed by atoms with Crippen molar-refractivity contribution in [3.8, 4) is 23.3 Å². The van der Waals surface area contributed by atoms with Crippen molar-refractivity contribution < 1.29 is 18.7 Å². The van der Waals surface area contributed by atoms with Crippen molar-refractivity contribution in [3.05, 3.63) is 71.9 Å². The van der Waals surface area contributed by atoms with Crippen LogP contribution in [0.5, 0.6) is 0 Å². The van der Waals surface area contributed by atoms with Gasteiger partial charge in [0.15, 0.2) is 11.8 Å². The number of nitriles is 1. The summed E-state index contributed by atoms with van der Waals surface area (Å²) >= 11 is 0. The Balaban J connectivity index is 1.20. The molecule has 4 aromatic rings. The minimum absolute atomic E-state index is 0.0176. The number of imidazole rings is 1. The number of hydrogen-bond donors (Lipinski definition) is 3. The first-order chi connectivity index (χ1) is 21.2. The summed E-state index contributed by atoms with van der Waals surface area (Å²) < 4.78 is 33.0. The SMILES string of the molecule is N#CNC1CCN(C(=O)N2CC(F)(F)[C@](O)(c3ccc(-n4c(-c5cccnc5N)nc5ccc(C6CC6)cc54)cc3)C2)CC1. The van der Waals surface area contributed by atoms with E-state index in [-0.39, 0.29) is 11.6 Å². The molecule has 2 aromatic carbocycles. The van der Waals surface area contributed by atoms with E-state index in [4.69, 9.17) is 16.0 Å². The fourth-order valence-electron chi connectivity index (χ4n) is 6.46. The van der Waals surface area contributed by atoms with Crippen LogP contribution in [0, 0.1) is 11.5 Å². The van der Waals surface area contributed by atoms with Gasteiger partial charge in [-0.1, -0.05) is 18.2 Å². The summed E-state index contributed by atoms with van der Waals surface area (Å²) in [4.78, 5) is 24.8. The number of urea groups is 1. The average Bonchev–Trinajstić information content (AvgIpc) is 3.76. The first kappa shape index (κ1) is 28.0. The van der Waals surface area contributed by atoms with E-state index in [1.165, 1.54) is 22.6 Å². The molecule has 3 fully saturated rings. The predicted octanol–water partition coefficient (Wildman–Crippen LogP) is 4.34. The lowest BCUT2D eigenvalue weighted by Gasteiger charge is -2.34. The number of alkyl halides is 2. The maximum atomic E-state index is 15.5. The zero-order valence-corrected chi connectivity index (χ0v) is 24.0. The number of anilines is 1. The molecule has 4 heterocycles. The molecule has 3 aliphatic rings.